The van der Waals surface area contributed by atoms with Gasteiger partial charge in [0.1, 0.15) is 0 Å². The Morgan fingerprint density at radius 3 is 2.62 bits per heavy atom. The first-order chi connectivity index (χ1) is 6.11. The maximum atomic E-state index is 10.7. The standard InChI is InChI=1S/C7H11NO5/c1-3-5(9)6(10)13-8-7(11)12-4-2/h3,9H,4H2,1-2H3,(H,8,11). The molecular weight excluding hydrogens is 178 g/mol. The summed E-state index contributed by atoms with van der Waals surface area (Å²) in [4.78, 5) is 25.3. The summed E-state index contributed by atoms with van der Waals surface area (Å²) in [5.74, 6) is -1.63. The largest absolute Gasteiger partial charge is 0.502 e. The fraction of sp³-hybridized carbons (Fsp3) is 0.429. The Bertz CT molecular complexity index is 223. The van der Waals surface area contributed by atoms with Crippen molar-refractivity contribution in [2.24, 2.45) is 0 Å². The van der Waals surface area contributed by atoms with Gasteiger partial charge in [0.15, 0.2) is 5.76 Å². The second-order valence-corrected chi connectivity index (χ2v) is 1.89. The van der Waals surface area contributed by atoms with E-state index in [1.807, 2.05) is 0 Å². The third kappa shape index (κ3) is 4.67. The van der Waals surface area contributed by atoms with Gasteiger partial charge in [-0.3, -0.25) is 0 Å². The van der Waals surface area contributed by atoms with Crippen LogP contribution in [0.2, 0.25) is 0 Å². The number of aliphatic hydroxyl groups is 1. The number of aliphatic hydroxyl groups excluding tert-OH is 1. The predicted molar refractivity (Wildman–Crippen MR) is 42.6 cm³/mol. The summed E-state index contributed by atoms with van der Waals surface area (Å²) in [7, 11) is 0. The Hall–Kier alpha value is -1.72. The lowest BCUT2D eigenvalue weighted by Crippen LogP contribution is -2.28. The second kappa shape index (κ2) is 5.87. The van der Waals surface area contributed by atoms with Crippen molar-refractivity contribution >= 4 is 12.1 Å². The van der Waals surface area contributed by atoms with E-state index < -0.39 is 17.8 Å². The van der Waals surface area contributed by atoms with Gasteiger partial charge in [-0.15, -0.1) is 5.48 Å². The fourth-order valence-electron chi connectivity index (χ4n) is 0.419. The fourth-order valence-corrected chi connectivity index (χ4v) is 0.419. The number of allylic oxidation sites excluding steroid dienone is 1. The molecule has 0 spiro atoms. The third-order valence-electron chi connectivity index (χ3n) is 0.985. The Labute approximate surface area is 75.1 Å². The van der Waals surface area contributed by atoms with Crippen LogP contribution in [0.1, 0.15) is 13.8 Å². The van der Waals surface area contributed by atoms with Crippen molar-refractivity contribution < 1.29 is 24.3 Å². The molecule has 0 heterocycles. The average Bonchev–Trinajstić information content (AvgIpc) is 2.13. The molecule has 0 saturated carbocycles. The Morgan fingerprint density at radius 2 is 2.15 bits per heavy atom. The lowest BCUT2D eigenvalue weighted by atomic mass is 10.5. The van der Waals surface area contributed by atoms with E-state index in [2.05, 4.69) is 9.57 Å². The van der Waals surface area contributed by atoms with Gasteiger partial charge in [-0.25, -0.2) is 9.59 Å². The summed E-state index contributed by atoms with van der Waals surface area (Å²) in [6.07, 6.45) is 0.245. The summed E-state index contributed by atoms with van der Waals surface area (Å²) in [6, 6.07) is 0. The van der Waals surface area contributed by atoms with Crippen molar-refractivity contribution in [1.29, 1.82) is 0 Å². The molecule has 0 unspecified atom stereocenters. The summed E-state index contributed by atoms with van der Waals surface area (Å²) in [6.45, 7) is 3.21. The minimum atomic E-state index is -1.05. The van der Waals surface area contributed by atoms with Gasteiger partial charge >= 0.3 is 12.1 Å². The molecule has 6 heteroatoms. The van der Waals surface area contributed by atoms with Gasteiger partial charge in [0.25, 0.3) is 0 Å². The molecule has 0 aliphatic rings. The molecule has 0 aromatic heterocycles. The van der Waals surface area contributed by atoms with Crippen LogP contribution in [-0.2, 0) is 14.4 Å². The van der Waals surface area contributed by atoms with Crippen LogP contribution in [0.25, 0.3) is 0 Å². The number of carbonyl (C=O) groups is 2. The van der Waals surface area contributed by atoms with Gasteiger partial charge in [-0.05, 0) is 19.9 Å². The molecule has 0 aromatic carbocycles. The highest BCUT2D eigenvalue weighted by Gasteiger charge is 2.10. The van der Waals surface area contributed by atoms with Crippen LogP contribution in [0.5, 0.6) is 0 Å². The van der Waals surface area contributed by atoms with E-state index in [1.165, 1.54) is 6.92 Å². The SMILES string of the molecule is CC=C(O)C(=O)ONC(=O)OCC. The van der Waals surface area contributed by atoms with Gasteiger partial charge in [0, 0.05) is 0 Å². The summed E-state index contributed by atoms with van der Waals surface area (Å²) >= 11 is 0. The van der Waals surface area contributed by atoms with Crippen LogP contribution < -0.4 is 5.48 Å². The van der Waals surface area contributed by atoms with Crippen molar-refractivity contribution in [2.75, 3.05) is 6.61 Å². The molecule has 0 radical (unpaired) electrons. The maximum absolute atomic E-state index is 10.7. The van der Waals surface area contributed by atoms with E-state index in [-0.39, 0.29) is 6.61 Å². The van der Waals surface area contributed by atoms with Crippen LogP contribution in [0.4, 0.5) is 4.79 Å². The molecule has 0 atom stereocenters. The van der Waals surface area contributed by atoms with E-state index in [4.69, 9.17) is 5.11 Å². The van der Waals surface area contributed by atoms with E-state index >= 15 is 0 Å². The molecular formula is C7H11NO5. The molecule has 1 amide bonds. The first-order valence-electron chi connectivity index (χ1n) is 3.61. The van der Waals surface area contributed by atoms with Crippen LogP contribution >= 0.6 is 0 Å². The smallest absolute Gasteiger partial charge is 0.440 e. The molecule has 0 saturated heterocycles. The molecule has 0 fully saturated rings. The third-order valence-corrected chi connectivity index (χ3v) is 0.985. The molecule has 0 aliphatic carbocycles. The average molecular weight is 189 g/mol. The number of nitrogens with one attached hydrogen (secondary N) is 1. The number of rotatable bonds is 2. The molecule has 13 heavy (non-hydrogen) atoms. The first kappa shape index (κ1) is 11.3. The first-order valence-corrected chi connectivity index (χ1v) is 3.61. The van der Waals surface area contributed by atoms with Crippen molar-refractivity contribution in [3.8, 4) is 0 Å². The minimum Gasteiger partial charge on any atom is -0.502 e. The Kier molecular flexibility index (Phi) is 5.09. The van der Waals surface area contributed by atoms with Gasteiger partial charge in [-0.2, -0.15) is 0 Å². The number of carbonyl (C=O) groups excluding carboxylic acids is 2. The summed E-state index contributed by atoms with van der Waals surface area (Å²) < 4.78 is 4.38. The van der Waals surface area contributed by atoms with Gasteiger partial charge < -0.3 is 14.7 Å². The maximum Gasteiger partial charge on any atom is 0.440 e. The van der Waals surface area contributed by atoms with Crippen molar-refractivity contribution in [3.05, 3.63) is 11.8 Å². The number of hydrogen-bond donors (Lipinski definition) is 2. The zero-order valence-electron chi connectivity index (χ0n) is 7.36. The quantitative estimate of drug-likeness (QED) is 0.378. The van der Waals surface area contributed by atoms with E-state index in [0.29, 0.717) is 0 Å². The number of hydrogen-bond acceptors (Lipinski definition) is 5. The van der Waals surface area contributed by atoms with E-state index in [9.17, 15) is 9.59 Å². The molecule has 2 N–H and O–H groups in total. The van der Waals surface area contributed by atoms with Crippen molar-refractivity contribution in [2.45, 2.75) is 13.8 Å². The zero-order chi connectivity index (χ0) is 10.3. The highest BCUT2D eigenvalue weighted by Crippen LogP contribution is 1.90. The monoisotopic (exact) mass is 189 g/mol. The van der Waals surface area contributed by atoms with E-state index in [0.717, 1.165) is 6.08 Å². The normalized spacial score (nSPS) is 10.5. The minimum absolute atomic E-state index is 0.166. The highest BCUT2D eigenvalue weighted by molar-refractivity contribution is 5.86. The molecule has 0 rings (SSSR count). The summed E-state index contributed by atoms with van der Waals surface area (Å²) in [5.41, 5.74) is 1.69. The lowest BCUT2D eigenvalue weighted by molar-refractivity contribution is -0.148. The van der Waals surface area contributed by atoms with E-state index in [1.54, 1.807) is 12.4 Å². The Balaban J connectivity index is 3.77. The number of hydroxylamine groups is 1. The van der Waals surface area contributed by atoms with Gasteiger partial charge in [-0.1, -0.05) is 0 Å². The highest BCUT2D eigenvalue weighted by atomic mass is 16.7. The van der Waals surface area contributed by atoms with Crippen LogP contribution in [0, 0.1) is 0 Å². The van der Waals surface area contributed by atoms with Crippen LogP contribution in [-0.4, -0.2) is 23.8 Å². The number of ether oxygens (including phenoxy) is 1. The molecule has 0 bridgehead atoms. The molecule has 6 nitrogen and oxygen atoms in total. The molecule has 0 aromatic rings. The van der Waals surface area contributed by atoms with Crippen LogP contribution in [0.3, 0.4) is 0 Å². The van der Waals surface area contributed by atoms with Crippen molar-refractivity contribution in [3.63, 3.8) is 0 Å². The van der Waals surface area contributed by atoms with Crippen molar-refractivity contribution in [1.82, 2.24) is 5.48 Å². The second-order valence-electron chi connectivity index (χ2n) is 1.89. The molecule has 0 aliphatic heterocycles. The lowest BCUT2D eigenvalue weighted by Gasteiger charge is -2.03. The number of amides is 1. The summed E-state index contributed by atoms with van der Waals surface area (Å²) in [5, 5.41) is 8.76. The predicted octanol–water partition coefficient (Wildman–Crippen LogP) is 0.652. The van der Waals surface area contributed by atoms with Gasteiger partial charge in [0.2, 0.25) is 0 Å². The zero-order valence-corrected chi connectivity index (χ0v) is 7.36. The molecule has 74 valence electrons. The Morgan fingerprint density at radius 1 is 1.54 bits per heavy atom. The van der Waals surface area contributed by atoms with Crippen LogP contribution in [0.15, 0.2) is 11.8 Å². The van der Waals surface area contributed by atoms with Gasteiger partial charge in [0.05, 0.1) is 6.61 Å². The topological polar surface area (TPSA) is 84.9 Å².